The highest BCUT2D eigenvalue weighted by molar-refractivity contribution is 5.86. The Hall–Kier alpha value is -2.11. The first-order chi connectivity index (χ1) is 10.5. The van der Waals surface area contributed by atoms with Gasteiger partial charge in [0.25, 0.3) is 5.91 Å². The van der Waals surface area contributed by atoms with Gasteiger partial charge in [0.15, 0.2) is 6.10 Å². The van der Waals surface area contributed by atoms with Crippen molar-refractivity contribution in [2.24, 2.45) is 5.73 Å². The van der Waals surface area contributed by atoms with Gasteiger partial charge in [0.05, 0.1) is 6.54 Å². The molecule has 0 unspecified atom stereocenters. The lowest BCUT2D eigenvalue weighted by atomic mass is 10.2. The van der Waals surface area contributed by atoms with Gasteiger partial charge < -0.3 is 15.4 Å². The lowest BCUT2D eigenvalue weighted by molar-refractivity contribution is -0.143. The quantitative estimate of drug-likeness (QED) is 0.871. The fourth-order valence-corrected chi connectivity index (χ4v) is 2.77. The highest BCUT2D eigenvalue weighted by Gasteiger charge is 2.31. The molecule has 1 saturated carbocycles. The van der Waals surface area contributed by atoms with Crippen LogP contribution in [0.4, 0.5) is 4.39 Å². The van der Waals surface area contributed by atoms with E-state index < -0.39 is 12.0 Å². The molecule has 0 aromatic heterocycles. The fraction of sp³-hybridized carbons (Fsp3) is 0.500. The van der Waals surface area contributed by atoms with Crippen molar-refractivity contribution >= 4 is 11.8 Å². The van der Waals surface area contributed by atoms with Crippen molar-refractivity contribution in [3.05, 3.63) is 30.1 Å². The second kappa shape index (κ2) is 7.24. The second-order valence-electron chi connectivity index (χ2n) is 5.58. The van der Waals surface area contributed by atoms with Crippen LogP contribution >= 0.6 is 0 Å². The number of nitrogens with two attached hydrogens (primary N) is 1. The number of carbonyl (C=O) groups excluding carboxylic acids is 2. The molecule has 2 amide bonds. The van der Waals surface area contributed by atoms with Gasteiger partial charge in [-0.05, 0) is 44.0 Å². The van der Waals surface area contributed by atoms with Crippen molar-refractivity contribution in [3.8, 4) is 5.75 Å². The number of rotatable bonds is 6. The van der Waals surface area contributed by atoms with E-state index in [1.807, 2.05) is 0 Å². The monoisotopic (exact) mass is 308 g/mol. The highest BCUT2D eigenvalue weighted by atomic mass is 19.1. The van der Waals surface area contributed by atoms with Gasteiger partial charge in [-0.2, -0.15) is 0 Å². The second-order valence-corrected chi connectivity index (χ2v) is 5.58. The maximum absolute atomic E-state index is 12.9. The molecule has 0 radical (unpaired) electrons. The number of amides is 2. The van der Waals surface area contributed by atoms with Crippen molar-refractivity contribution < 1.29 is 18.7 Å². The Bertz CT molecular complexity index is 527. The van der Waals surface area contributed by atoms with Gasteiger partial charge in [0, 0.05) is 6.04 Å². The van der Waals surface area contributed by atoms with E-state index >= 15 is 0 Å². The molecular weight excluding hydrogens is 287 g/mol. The minimum Gasteiger partial charge on any atom is -0.481 e. The van der Waals surface area contributed by atoms with E-state index in [2.05, 4.69) is 0 Å². The molecular formula is C16H21FN2O3. The highest BCUT2D eigenvalue weighted by Crippen LogP contribution is 2.24. The van der Waals surface area contributed by atoms with E-state index in [0.717, 1.165) is 25.7 Å². The third kappa shape index (κ3) is 4.19. The molecule has 0 spiro atoms. The molecule has 120 valence electrons. The number of ether oxygens (including phenoxy) is 1. The Balaban J connectivity index is 2.04. The van der Waals surface area contributed by atoms with Gasteiger partial charge in [0.1, 0.15) is 11.6 Å². The Morgan fingerprint density at radius 1 is 1.32 bits per heavy atom. The first kappa shape index (κ1) is 16.3. The first-order valence-corrected chi connectivity index (χ1v) is 7.48. The topological polar surface area (TPSA) is 72.6 Å². The average molecular weight is 308 g/mol. The number of hydrogen-bond donors (Lipinski definition) is 1. The zero-order valence-electron chi connectivity index (χ0n) is 12.6. The molecule has 0 heterocycles. The number of hydrogen-bond acceptors (Lipinski definition) is 3. The van der Waals surface area contributed by atoms with Crippen molar-refractivity contribution in [2.75, 3.05) is 6.54 Å². The SMILES string of the molecule is C[C@H](Oc1ccc(F)cc1)C(=O)N(CC(N)=O)C1CCCC1. The number of halogens is 1. The van der Waals surface area contributed by atoms with Crippen LogP contribution in [0.15, 0.2) is 24.3 Å². The number of nitrogens with zero attached hydrogens (tertiary/aromatic N) is 1. The molecule has 0 bridgehead atoms. The molecule has 1 atom stereocenters. The Morgan fingerprint density at radius 2 is 1.91 bits per heavy atom. The van der Waals surface area contributed by atoms with Gasteiger partial charge in [0.2, 0.25) is 5.91 Å². The summed E-state index contributed by atoms with van der Waals surface area (Å²) in [4.78, 5) is 25.3. The molecule has 2 N–H and O–H groups in total. The van der Waals surface area contributed by atoms with Crippen molar-refractivity contribution in [1.29, 1.82) is 0 Å². The predicted molar refractivity (Wildman–Crippen MR) is 79.7 cm³/mol. The molecule has 2 rings (SSSR count). The summed E-state index contributed by atoms with van der Waals surface area (Å²) in [5, 5.41) is 0. The van der Waals surface area contributed by atoms with Crippen LogP contribution in [0, 0.1) is 5.82 Å². The standard InChI is InChI=1S/C16H21FN2O3/c1-11(22-14-8-6-12(17)7-9-14)16(21)19(10-15(18)20)13-4-2-3-5-13/h6-9,11,13H,2-5,10H2,1H3,(H2,18,20)/t11-/m0/s1. The lowest BCUT2D eigenvalue weighted by Crippen LogP contribution is -2.49. The summed E-state index contributed by atoms with van der Waals surface area (Å²) in [7, 11) is 0. The number of carbonyl (C=O) groups is 2. The summed E-state index contributed by atoms with van der Waals surface area (Å²) < 4.78 is 18.4. The lowest BCUT2D eigenvalue weighted by Gasteiger charge is -2.30. The third-order valence-electron chi connectivity index (χ3n) is 3.85. The molecule has 1 fully saturated rings. The van der Waals surface area contributed by atoms with E-state index in [-0.39, 0.29) is 24.3 Å². The normalized spacial score (nSPS) is 16.3. The van der Waals surface area contributed by atoms with E-state index in [1.54, 1.807) is 6.92 Å². The molecule has 0 saturated heterocycles. The van der Waals surface area contributed by atoms with Crippen molar-refractivity contribution in [3.63, 3.8) is 0 Å². The van der Waals surface area contributed by atoms with Crippen molar-refractivity contribution in [2.45, 2.75) is 44.8 Å². The summed E-state index contributed by atoms with van der Waals surface area (Å²) in [6, 6.07) is 5.51. The van der Waals surface area contributed by atoms with Gasteiger partial charge in [-0.25, -0.2) is 4.39 Å². The summed E-state index contributed by atoms with van der Waals surface area (Å²) in [6.07, 6.45) is 3.08. The van der Waals surface area contributed by atoms with Gasteiger partial charge in [-0.1, -0.05) is 12.8 Å². The zero-order valence-corrected chi connectivity index (χ0v) is 12.6. The number of benzene rings is 1. The summed E-state index contributed by atoms with van der Waals surface area (Å²) in [5.41, 5.74) is 5.25. The van der Waals surface area contributed by atoms with E-state index in [1.165, 1.54) is 29.2 Å². The van der Waals surface area contributed by atoms with Crippen LogP contribution < -0.4 is 10.5 Å². The van der Waals surface area contributed by atoms with E-state index in [0.29, 0.717) is 5.75 Å². The van der Waals surface area contributed by atoms with E-state index in [9.17, 15) is 14.0 Å². The molecule has 1 aromatic carbocycles. The molecule has 0 aliphatic heterocycles. The molecule has 5 nitrogen and oxygen atoms in total. The molecule has 1 aliphatic carbocycles. The first-order valence-electron chi connectivity index (χ1n) is 7.48. The minimum absolute atomic E-state index is 0.0410. The van der Waals surface area contributed by atoms with Crippen LogP contribution in [0.2, 0.25) is 0 Å². The Labute approximate surface area is 129 Å². The summed E-state index contributed by atoms with van der Waals surface area (Å²) >= 11 is 0. The maximum atomic E-state index is 12.9. The minimum atomic E-state index is -0.759. The van der Waals surface area contributed by atoms with Crippen LogP contribution in [0.1, 0.15) is 32.6 Å². The van der Waals surface area contributed by atoms with Crippen LogP contribution in [0.5, 0.6) is 5.75 Å². The van der Waals surface area contributed by atoms with Gasteiger partial charge in [-0.3, -0.25) is 9.59 Å². The fourth-order valence-electron chi connectivity index (χ4n) is 2.77. The maximum Gasteiger partial charge on any atom is 0.264 e. The summed E-state index contributed by atoms with van der Waals surface area (Å²) in [5.74, 6) is -0.760. The van der Waals surface area contributed by atoms with E-state index in [4.69, 9.17) is 10.5 Å². The Morgan fingerprint density at radius 3 is 2.45 bits per heavy atom. The third-order valence-corrected chi connectivity index (χ3v) is 3.85. The van der Waals surface area contributed by atoms with Crippen molar-refractivity contribution in [1.82, 2.24) is 4.90 Å². The molecule has 1 aromatic rings. The summed E-state index contributed by atoms with van der Waals surface area (Å²) in [6.45, 7) is 1.52. The number of primary amides is 1. The molecule has 22 heavy (non-hydrogen) atoms. The van der Waals surface area contributed by atoms with Gasteiger partial charge in [-0.15, -0.1) is 0 Å². The molecule has 6 heteroatoms. The zero-order chi connectivity index (χ0) is 16.1. The smallest absolute Gasteiger partial charge is 0.264 e. The largest absolute Gasteiger partial charge is 0.481 e. The van der Waals surface area contributed by atoms with Crippen LogP contribution in [-0.2, 0) is 9.59 Å². The van der Waals surface area contributed by atoms with Gasteiger partial charge >= 0.3 is 0 Å². The van der Waals surface area contributed by atoms with Crippen LogP contribution in [-0.4, -0.2) is 35.4 Å². The predicted octanol–water partition coefficient (Wildman–Crippen LogP) is 1.85. The van der Waals surface area contributed by atoms with Crippen LogP contribution in [0.25, 0.3) is 0 Å². The van der Waals surface area contributed by atoms with Crippen LogP contribution in [0.3, 0.4) is 0 Å². The Kier molecular flexibility index (Phi) is 5.35. The average Bonchev–Trinajstić information content (AvgIpc) is 3.00. The molecule has 1 aliphatic rings.